The summed E-state index contributed by atoms with van der Waals surface area (Å²) in [6, 6.07) is 17.2. The van der Waals surface area contributed by atoms with Gasteiger partial charge in [0.15, 0.2) is 6.61 Å². The quantitative estimate of drug-likeness (QED) is 0.611. The number of rotatable bonds is 6. The molecule has 0 aromatic heterocycles. The summed E-state index contributed by atoms with van der Waals surface area (Å²) in [5.74, 6) is 0.156. The number of hydrogen-bond acceptors (Lipinski definition) is 4. The van der Waals surface area contributed by atoms with Crippen LogP contribution >= 0.6 is 11.6 Å². The summed E-state index contributed by atoms with van der Waals surface area (Å²) >= 11 is 5.87. The van der Waals surface area contributed by atoms with Crippen molar-refractivity contribution in [2.45, 2.75) is 0 Å². The minimum atomic E-state index is -0.419. The molecular formula is C23H18ClFN2O4. The first-order chi connectivity index (χ1) is 15.0. The Morgan fingerprint density at radius 1 is 1.10 bits per heavy atom. The van der Waals surface area contributed by atoms with E-state index < -0.39 is 5.82 Å². The molecule has 0 radical (unpaired) electrons. The molecule has 1 N–H and O–H groups in total. The fourth-order valence-electron chi connectivity index (χ4n) is 3.12. The van der Waals surface area contributed by atoms with Crippen molar-refractivity contribution in [3.8, 4) is 11.5 Å². The van der Waals surface area contributed by atoms with Crippen molar-refractivity contribution in [2.24, 2.45) is 0 Å². The topological polar surface area (TPSA) is 67.9 Å². The van der Waals surface area contributed by atoms with Crippen LogP contribution in [0.1, 0.15) is 10.4 Å². The number of fused-ring (bicyclic) bond motifs is 1. The van der Waals surface area contributed by atoms with E-state index in [4.69, 9.17) is 21.1 Å². The van der Waals surface area contributed by atoms with Gasteiger partial charge < -0.3 is 19.7 Å². The molecule has 0 spiro atoms. The van der Waals surface area contributed by atoms with Gasteiger partial charge in [0, 0.05) is 16.3 Å². The molecule has 0 saturated carbocycles. The maximum absolute atomic E-state index is 13.1. The molecule has 3 aromatic rings. The lowest BCUT2D eigenvalue weighted by atomic mass is 10.1. The van der Waals surface area contributed by atoms with E-state index in [0.29, 0.717) is 40.0 Å². The van der Waals surface area contributed by atoms with Crippen molar-refractivity contribution >= 4 is 34.8 Å². The van der Waals surface area contributed by atoms with Crippen LogP contribution in [0.15, 0.2) is 66.7 Å². The van der Waals surface area contributed by atoms with Crippen LogP contribution in [0.5, 0.6) is 11.5 Å². The number of carbonyl (C=O) groups excluding carboxylic acids is 2. The molecule has 0 fully saturated rings. The van der Waals surface area contributed by atoms with Crippen LogP contribution in [0.3, 0.4) is 0 Å². The fraction of sp³-hybridized carbons (Fsp3) is 0.130. The Kier molecular flexibility index (Phi) is 6.04. The molecule has 2 amide bonds. The van der Waals surface area contributed by atoms with E-state index in [9.17, 15) is 14.0 Å². The van der Waals surface area contributed by atoms with Gasteiger partial charge >= 0.3 is 0 Å². The molecule has 4 rings (SSSR count). The monoisotopic (exact) mass is 440 g/mol. The lowest BCUT2D eigenvalue weighted by molar-refractivity contribution is -0.121. The van der Waals surface area contributed by atoms with Crippen molar-refractivity contribution in [1.82, 2.24) is 0 Å². The summed E-state index contributed by atoms with van der Waals surface area (Å²) in [5, 5.41) is 3.36. The molecule has 0 aliphatic carbocycles. The number of ether oxygens (including phenoxy) is 2. The van der Waals surface area contributed by atoms with Crippen LogP contribution in [0.4, 0.5) is 15.8 Å². The van der Waals surface area contributed by atoms with Crippen molar-refractivity contribution in [3.63, 3.8) is 0 Å². The third kappa shape index (κ3) is 4.95. The van der Waals surface area contributed by atoms with Crippen molar-refractivity contribution in [1.29, 1.82) is 0 Å². The molecule has 0 saturated heterocycles. The molecule has 0 unspecified atom stereocenters. The van der Waals surface area contributed by atoms with Gasteiger partial charge in [0.25, 0.3) is 11.8 Å². The minimum Gasteiger partial charge on any atom is -0.492 e. The lowest BCUT2D eigenvalue weighted by Crippen LogP contribution is -2.41. The molecule has 158 valence electrons. The van der Waals surface area contributed by atoms with Gasteiger partial charge in [-0.2, -0.15) is 0 Å². The minimum absolute atomic E-state index is 0.0742. The standard InChI is InChI=1S/C23H18ClFN2O4/c24-16-3-8-19(9-4-16)30-12-11-27-20-13-18(7-10-21(20)31-14-22(27)28)26-23(29)15-1-5-17(25)6-2-15/h1-10,13H,11-12,14H2,(H,26,29). The van der Waals surface area contributed by atoms with Crippen molar-refractivity contribution in [3.05, 3.63) is 83.1 Å². The molecule has 1 aliphatic rings. The highest BCUT2D eigenvalue weighted by atomic mass is 35.5. The highest BCUT2D eigenvalue weighted by molar-refractivity contribution is 6.30. The van der Waals surface area contributed by atoms with Gasteiger partial charge in [0.2, 0.25) is 0 Å². The summed E-state index contributed by atoms with van der Waals surface area (Å²) in [4.78, 5) is 26.4. The Morgan fingerprint density at radius 2 is 1.84 bits per heavy atom. The number of hydrogen-bond donors (Lipinski definition) is 1. The Bertz CT molecular complexity index is 1100. The fourth-order valence-corrected chi connectivity index (χ4v) is 3.24. The zero-order chi connectivity index (χ0) is 21.8. The van der Waals surface area contributed by atoms with E-state index in [1.807, 2.05) is 0 Å². The largest absolute Gasteiger partial charge is 0.492 e. The second-order valence-corrected chi connectivity index (χ2v) is 7.22. The maximum Gasteiger partial charge on any atom is 0.265 e. The van der Waals surface area contributed by atoms with Gasteiger partial charge in [0.05, 0.1) is 12.2 Å². The first kappa shape index (κ1) is 20.7. The van der Waals surface area contributed by atoms with Crippen LogP contribution in [0.25, 0.3) is 0 Å². The Morgan fingerprint density at radius 3 is 2.58 bits per heavy atom. The average Bonchev–Trinajstić information content (AvgIpc) is 2.77. The Hall–Kier alpha value is -3.58. The zero-order valence-electron chi connectivity index (χ0n) is 16.3. The Labute approximate surface area is 183 Å². The average molecular weight is 441 g/mol. The number of halogens is 2. The number of amides is 2. The second-order valence-electron chi connectivity index (χ2n) is 6.78. The van der Waals surface area contributed by atoms with Gasteiger partial charge in [-0.25, -0.2) is 4.39 Å². The van der Waals surface area contributed by atoms with Gasteiger partial charge in [-0.15, -0.1) is 0 Å². The third-order valence-electron chi connectivity index (χ3n) is 4.66. The summed E-state index contributed by atoms with van der Waals surface area (Å²) in [7, 11) is 0. The first-order valence-corrected chi connectivity index (χ1v) is 9.90. The number of benzene rings is 3. The zero-order valence-corrected chi connectivity index (χ0v) is 17.1. The van der Waals surface area contributed by atoms with E-state index in [-0.39, 0.29) is 25.0 Å². The number of anilines is 2. The molecule has 1 heterocycles. The molecular weight excluding hydrogens is 423 g/mol. The number of nitrogens with zero attached hydrogens (tertiary/aromatic N) is 1. The predicted molar refractivity (Wildman–Crippen MR) is 116 cm³/mol. The molecule has 6 nitrogen and oxygen atoms in total. The summed E-state index contributed by atoms with van der Waals surface area (Å²) < 4.78 is 24.3. The Balaban J connectivity index is 1.47. The van der Waals surface area contributed by atoms with Crippen LogP contribution in [0, 0.1) is 5.82 Å². The second kappa shape index (κ2) is 9.06. The summed E-state index contributed by atoms with van der Waals surface area (Å²) in [6.07, 6.45) is 0. The number of carbonyl (C=O) groups is 2. The SMILES string of the molecule is O=C(Nc1ccc2c(c1)N(CCOc1ccc(Cl)cc1)C(=O)CO2)c1ccc(F)cc1. The van der Waals surface area contributed by atoms with Crippen molar-refractivity contribution in [2.75, 3.05) is 30.0 Å². The van der Waals surface area contributed by atoms with E-state index in [1.54, 1.807) is 47.4 Å². The first-order valence-electron chi connectivity index (χ1n) is 9.52. The number of nitrogens with one attached hydrogen (secondary N) is 1. The molecule has 0 atom stereocenters. The molecule has 31 heavy (non-hydrogen) atoms. The van der Waals surface area contributed by atoms with Crippen LogP contribution in [0.2, 0.25) is 5.02 Å². The highest BCUT2D eigenvalue weighted by Crippen LogP contribution is 2.34. The summed E-state index contributed by atoms with van der Waals surface area (Å²) in [5.41, 5.74) is 1.34. The lowest BCUT2D eigenvalue weighted by Gasteiger charge is -2.29. The van der Waals surface area contributed by atoms with Gasteiger partial charge in [0.1, 0.15) is 23.9 Å². The highest BCUT2D eigenvalue weighted by Gasteiger charge is 2.26. The predicted octanol–water partition coefficient (Wildman–Crippen LogP) is 4.54. The van der Waals surface area contributed by atoms with E-state index in [2.05, 4.69) is 5.32 Å². The smallest absolute Gasteiger partial charge is 0.265 e. The summed E-state index contributed by atoms with van der Waals surface area (Å²) in [6.45, 7) is 0.487. The molecule has 8 heteroatoms. The normalized spacial score (nSPS) is 12.7. The van der Waals surface area contributed by atoms with Crippen LogP contribution in [-0.2, 0) is 4.79 Å². The van der Waals surface area contributed by atoms with E-state index in [0.717, 1.165) is 0 Å². The third-order valence-corrected chi connectivity index (χ3v) is 4.92. The maximum atomic E-state index is 13.1. The molecule has 0 bridgehead atoms. The van der Waals surface area contributed by atoms with Crippen LogP contribution in [-0.4, -0.2) is 31.6 Å². The van der Waals surface area contributed by atoms with Gasteiger partial charge in [-0.1, -0.05) is 11.6 Å². The van der Waals surface area contributed by atoms with Gasteiger partial charge in [-0.3, -0.25) is 9.59 Å². The van der Waals surface area contributed by atoms with Crippen LogP contribution < -0.4 is 19.7 Å². The molecule has 1 aliphatic heterocycles. The van der Waals surface area contributed by atoms with Gasteiger partial charge in [-0.05, 0) is 66.7 Å². The van der Waals surface area contributed by atoms with E-state index in [1.165, 1.54) is 24.3 Å². The molecule has 3 aromatic carbocycles. The van der Waals surface area contributed by atoms with E-state index >= 15 is 0 Å². The van der Waals surface area contributed by atoms with Crippen molar-refractivity contribution < 1.29 is 23.5 Å².